The molecule has 6 nitrogen and oxygen atoms in total. The van der Waals surface area contributed by atoms with Gasteiger partial charge < -0.3 is 14.1 Å². The maximum absolute atomic E-state index is 12.9. The average Bonchev–Trinajstić information content (AvgIpc) is 3.24. The van der Waals surface area contributed by atoms with Crippen molar-refractivity contribution >= 4 is 5.91 Å². The molecule has 22 heavy (non-hydrogen) atoms. The average molecular weight is 303 g/mol. The molecule has 2 atom stereocenters. The van der Waals surface area contributed by atoms with Crippen molar-refractivity contribution in [1.82, 2.24) is 14.7 Å². The minimum absolute atomic E-state index is 0.134. The van der Waals surface area contributed by atoms with Gasteiger partial charge in [0.15, 0.2) is 0 Å². The van der Waals surface area contributed by atoms with E-state index in [4.69, 9.17) is 9.15 Å². The van der Waals surface area contributed by atoms with Gasteiger partial charge in [-0.2, -0.15) is 5.10 Å². The lowest BCUT2D eigenvalue weighted by atomic mass is 9.95. The van der Waals surface area contributed by atoms with E-state index in [1.165, 1.54) is 0 Å². The molecule has 0 bridgehead atoms. The Hall–Kier alpha value is -2.08. The van der Waals surface area contributed by atoms with Crippen LogP contribution in [0.25, 0.3) is 0 Å². The van der Waals surface area contributed by atoms with Gasteiger partial charge in [-0.15, -0.1) is 0 Å². The minimum atomic E-state index is -0.195. The van der Waals surface area contributed by atoms with Gasteiger partial charge in [-0.05, 0) is 19.4 Å². The van der Waals surface area contributed by atoms with Crippen LogP contribution in [0.2, 0.25) is 0 Å². The van der Waals surface area contributed by atoms with Gasteiger partial charge >= 0.3 is 0 Å². The summed E-state index contributed by atoms with van der Waals surface area (Å²) in [5.41, 5.74) is 1.98. The fourth-order valence-corrected chi connectivity index (χ4v) is 2.94. The zero-order chi connectivity index (χ0) is 15.5. The molecule has 2 aromatic rings. The van der Waals surface area contributed by atoms with E-state index in [0.717, 1.165) is 17.5 Å². The van der Waals surface area contributed by atoms with Crippen molar-refractivity contribution in [3.8, 4) is 0 Å². The summed E-state index contributed by atoms with van der Waals surface area (Å²) in [6.07, 6.45) is 7.57. The predicted molar refractivity (Wildman–Crippen MR) is 79.8 cm³/mol. The van der Waals surface area contributed by atoms with Gasteiger partial charge in [0.2, 0.25) is 5.91 Å². The molecule has 3 heterocycles. The van der Waals surface area contributed by atoms with Gasteiger partial charge in [0.05, 0.1) is 30.7 Å². The highest BCUT2D eigenvalue weighted by Gasteiger charge is 2.37. The van der Waals surface area contributed by atoms with Crippen LogP contribution in [-0.4, -0.2) is 33.7 Å². The fraction of sp³-hybridized carbons (Fsp3) is 0.500. The van der Waals surface area contributed by atoms with Crippen LogP contribution in [0, 0.1) is 5.92 Å². The van der Waals surface area contributed by atoms with E-state index in [1.807, 2.05) is 31.1 Å². The zero-order valence-electron chi connectivity index (χ0n) is 12.9. The molecule has 0 N–H and O–H groups in total. The third kappa shape index (κ3) is 2.92. The zero-order valence-corrected chi connectivity index (χ0v) is 12.9. The van der Waals surface area contributed by atoms with Crippen LogP contribution in [0.15, 0.2) is 35.4 Å². The van der Waals surface area contributed by atoms with Gasteiger partial charge in [-0.3, -0.25) is 9.48 Å². The number of furan rings is 1. The quantitative estimate of drug-likeness (QED) is 0.849. The Balaban J connectivity index is 1.74. The number of carbonyl (C=O) groups is 1. The molecule has 6 heteroatoms. The predicted octanol–water partition coefficient (Wildman–Crippen LogP) is 2.14. The highest BCUT2D eigenvalue weighted by Crippen LogP contribution is 2.35. The molecule has 118 valence electrons. The van der Waals surface area contributed by atoms with E-state index in [9.17, 15) is 4.79 Å². The van der Waals surface area contributed by atoms with Crippen LogP contribution in [0.5, 0.6) is 0 Å². The summed E-state index contributed by atoms with van der Waals surface area (Å²) in [7, 11) is 1.87. The molecule has 2 aromatic heterocycles. The molecule has 0 saturated carbocycles. The lowest BCUT2D eigenvalue weighted by Crippen LogP contribution is -2.36. The Kier molecular flexibility index (Phi) is 4.29. The van der Waals surface area contributed by atoms with Crippen molar-refractivity contribution in [1.29, 1.82) is 0 Å². The Labute approximate surface area is 129 Å². The van der Waals surface area contributed by atoms with Crippen molar-refractivity contribution < 1.29 is 13.9 Å². The first-order chi connectivity index (χ1) is 10.7. The van der Waals surface area contributed by atoms with Gasteiger partial charge in [0.1, 0.15) is 0 Å². The Bertz CT molecular complexity index is 620. The molecule has 0 unspecified atom stereocenters. The molecule has 0 aromatic carbocycles. The number of amides is 1. The standard InChI is InChI=1S/C16H21N3O3/c1-3-19(9-12-4-6-21-11-12)16(20)14-5-7-22-15(14)13-8-17-18(2)10-13/h4,6,8,10-11,14-15H,3,5,7,9H2,1-2H3/t14-,15+/m0/s1. The molecule has 1 fully saturated rings. The molecule has 0 spiro atoms. The number of hydrogen-bond donors (Lipinski definition) is 0. The van der Waals surface area contributed by atoms with Gasteiger partial charge in [-0.25, -0.2) is 0 Å². The Morgan fingerprint density at radius 1 is 1.55 bits per heavy atom. The lowest BCUT2D eigenvalue weighted by molar-refractivity contribution is -0.137. The summed E-state index contributed by atoms with van der Waals surface area (Å²) in [5.74, 6) is -0.00824. The first-order valence-corrected chi connectivity index (χ1v) is 7.59. The monoisotopic (exact) mass is 303 g/mol. The molecule has 1 aliphatic rings. The third-order valence-corrected chi connectivity index (χ3v) is 4.11. The van der Waals surface area contributed by atoms with Crippen molar-refractivity contribution in [2.75, 3.05) is 13.2 Å². The van der Waals surface area contributed by atoms with Crippen LogP contribution in [0.4, 0.5) is 0 Å². The van der Waals surface area contributed by atoms with E-state index in [0.29, 0.717) is 19.7 Å². The highest BCUT2D eigenvalue weighted by atomic mass is 16.5. The molecule has 3 rings (SSSR count). The number of carbonyl (C=O) groups excluding carboxylic acids is 1. The summed E-state index contributed by atoms with van der Waals surface area (Å²) in [4.78, 5) is 14.7. The number of aryl methyl sites for hydroxylation is 1. The maximum atomic E-state index is 12.9. The lowest BCUT2D eigenvalue weighted by Gasteiger charge is -2.26. The molecule has 0 aliphatic carbocycles. The molecule has 1 aliphatic heterocycles. The van der Waals surface area contributed by atoms with E-state index in [1.54, 1.807) is 23.4 Å². The van der Waals surface area contributed by atoms with Crippen LogP contribution in [0.3, 0.4) is 0 Å². The van der Waals surface area contributed by atoms with Crippen LogP contribution < -0.4 is 0 Å². The summed E-state index contributed by atoms with van der Waals surface area (Å²) in [5, 5.41) is 4.18. The Morgan fingerprint density at radius 2 is 2.41 bits per heavy atom. The minimum Gasteiger partial charge on any atom is -0.472 e. The smallest absolute Gasteiger partial charge is 0.229 e. The topological polar surface area (TPSA) is 60.5 Å². The number of rotatable bonds is 5. The van der Waals surface area contributed by atoms with Crippen molar-refractivity contribution in [2.45, 2.75) is 26.0 Å². The van der Waals surface area contributed by atoms with Crippen LogP contribution in [-0.2, 0) is 23.1 Å². The molecular weight excluding hydrogens is 282 g/mol. The second-order valence-corrected chi connectivity index (χ2v) is 5.62. The first kappa shape index (κ1) is 14.8. The number of aromatic nitrogens is 2. The number of ether oxygens (including phenoxy) is 1. The third-order valence-electron chi connectivity index (χ3n) is 4.11. The van der Waals surface area contributed by atoms with Crippen molar-refractivity contribution in [2.24, 2.45) is 13.0 Å². The summed E-state index contributed by atoms with van der Waals surface area (Å²) >= 11 is 0. The number of hydrogen-bond acceptors (Lipinski definition) is 4. The van der Waals surface area contributed by atoms with Gasteiger partial charge in [0, 0.05) is 44.1 Å². The SMILES string of the molecule is CCN(Cc1ccoc1)C(=O)[C@H]1CCO[C@@H]1c1cnn(C)c1. The Morgan fingerprint density at radius 3 is 3.05 bits per heavy atom. The van der Waals surface area contributed by atoms with E-state index < -0.39 is 0 Å². The highest BCUT2D eigenvalue weighted by molar-refractivity contribution is 5.80. The molecule has 1 saturated heterocycles. The second kappa shape index (κ2) is 6.36. The van der Waals surface area contributed by atoms with E-state index in [-0.39, 0.29) is 17.9 Å². The van der Waals surface area contributed by atoms with E-state index >= 15 is 0 Å². The van der Waals surface area contributed by atoms with Gasteiger partial charge in [-0.1, -0.05) is 0 Å². The van der Waals surface area contributed by atoms with Crippen LogP contribution >= 0.6 is 0 Å². The molecule has 1 amide bonds. The van der Waals surface area contributed by atoms with Crippen molar-refractivity contribution in [3.63, 3.8) is 0 Å². The van der Waals surface area contributed by atoms with Crippen molar-refractivity contribution in [3.05, 3.63) is 42.1 Å². The summed E-state index contributed by atoms with van der Waals surface area (Å²) in [6, 6.07) is 1.89. The molecule has 0 radical (unpaired) electrons. The van der Waals surface area contributed by atoms with Gasteiger partial charge in [0.25, 0.3) is 0 Å². The summed E-state index contributed by atoms with van der Waals surface area (Å²) in [6.45, 7) is 3.84. The largest absolute Gasteiger partial charge is 0.472 e. The first-order valence-electron chi connectivity index (χ1n) is 7.59. The van der Waals surface area contributed by atoms with E-state index in [2.05, 4.69) is 5.10 Å². The fourth-order valence-electron chi connectivity index (χ4n) is 2.94. The number of nitrogens with zero attached hydrogens (tertiary/aromatic N) is 3. The summed E-state index contributed by atoms with van der Waals surface area (Å²) < 4.78 is 12.6. The normalized spacial score (nSPS) is 21.2. The maximum Gasteiger partial charge on any atom is 0.229 e. The van der Waals surface area contributed by atoms with Crippen LogP contribution in [0.1, 0.15) is 30.6 Å². The second-order valence-electron chi connectivity index (χ2n) is 5.62. The molecular formula is C16H21N3O3.